The number of ether oxygens (including phenoxy) is 2. The Balaban J connectivity index is 2.12. The molecule has 1 saturated carbocycles. The fourth-order valence-corrected chi connectivity index (χ4v) is 3.49. The summed E-state index contributed by atoms with van der Waals surface area (Å²) in [6.45, 7) is 10.5. The van der Waals surface area contributed by atoms with Gasteiger partial charge >= 0.3 is 0 Å². The van der Waals surface area contributed by atoms with E-state index < -0.39 is 6.10 Å². The van der Waals surface area contributed by atoms with Gasteiger partial charge in [-0.3, -0.25) is 0 Å². The highest BCUT2D eigenvalue weighted by molar-refractivity contribution is 4.87. The maximum atomic E-state index is 9.92. The fraction of sp³-hybridized carbons (Fsp3) is 1.00. The molecule has 126 valence electrons. The van der Waals surface area contributed by atoms with E-state index in [9.17, 15) is 5.11 Å². The molecule has 0 aromatic heterocycles. The summed E-state index contributed by atoms with van der Waals surface area (Å²) >= 11 is 0. The van der Waals surface area contributed by atoms with Crippen LogP contribution < -0.4 is 5.32 Å². The Hall–Kier alpha value is -0.160. The molecule has 0 aliphatic heterocycles. The molecule has 0 saturated heterocycles. The average molecular weight is 301 g/mol. The Kier molecular flexibility index (Phi) is 9.49. The molecule has 1 atom stereocenters. The molecule has 1 aliphatic rings. The lowest BCUT2D eigenvalue weighted by atomic mass is 9.78. The Morgan fingerprint density at radius 2 is 1.81 bits per heavy atom. The first kappa shape index (κ1) is 18.9. The van der Waals surface area contributed by atoms with E-state index in [2.05, 4.69) is 19.2 Å². The van der Waals surface area contributed by atoms with Gasteiger partial charge in [0.05, 0.1) is 25.9 Å². The van der Waals surface area contributed by atoms with E-state index >= 15 is 0 Å². The van der Waals surface area contributed by atoms with E-state index in [0.717, 1.165) is 12.5 Å². The van der Waals surface area contributed by atoms with Crippen molar-refractivity contribution in [3.05, 3.63) is 0 Å². The number of rotatable bonds is 12. The van der Waals surface area contributed by atoms with E-state index in [1.54, 1.807) is 0 Å². The minimum absolute atomic E-state index is 0.386. The van der Waals surface area contributed by atoms with Gasteiger partial charge in [-0.1, -0.05) is 26.7 Å². The minimum Gasteiger partial charge on any atom is -0.389 e. The van der Waals surface area contributed by atoms with Crippen molar-refractivity contribution in [3.63, 3.8) is 0 Å². The van der Waals surface area contributed by atoms with Crippen molar-refractivity contribution < 1.29 is 14.6 Å². The highest BCUT2D eigenvalue weighted by Gasteiger charge is 2.33. The summed E-state index contributed by atoms with van der Waals surface area (Å²) in [4.78, 5) is 0. The zero-order valence-corrected chi connectivity index (χ0v) is 14.2. The Morgan fingerprint density at radius 1 is 1.14 bits per heavy atom. The zero-order chi connectivity index (χ0) is 15.6. The van der Waals surface area contributed by atoms with Gasteiger partial charge in [-0.25, -0.2) is 0 Å². The molecule has 4 heteroatoms. The third kappa shape index (κ3) is 8.15. The predicted octanol–water partition coefficient (Wildman–Crippen LogP) is 2.60. The van der Waals surface area contributed by atoms with Gasteiger partial charge in [0, 0.05) is 19.7 Å². The zero-order valence-electron chi connectivity index (χ0n) is 14.2. The van der Waals surface area contributed by atoms with Crippen LogP contribution in [0.5, 0.6) is 0 Å². The lowest BCUT2D eigenvalue weighted by Gasteiger charge is -2.31. The monoisotopic (exact) mass is 301 g/mol. The smallest absolute Gasteiger partial charge is 0.0897 e. The molecule has 0 aromatic carbocycles. The van der Waals surface area contributed by atoms with Crippen molar-refractivity contribution in [2.75, 3.05) is 39.5 Å². The second-order valence-electron chi connectivity index (χ2n) is 6.86. The van der Waals surface area contributed by atoms with Crippen LogP contribution >= 0.6 is 0 Å². The van der Waals surface area contributed by atoms with Gasteiger partial charge in [0.2, 0.25) is 0 Å². The van der Waals surface area contributed by atoms with Crippen LogP contribution in [0.25, 0.3) is 0 Å². The number of nitrogens with one attached hydrogen (secondary N) is 1. The van der Waals surface area contributed by atoms with Crippen LogP contribution in [-0.4, -0.2) is 50.7 Å². The second-order valence-corrected chi connectivity index (χ2v) is 6.86. The molecule has 1 unspecified atom stereocenters. The normalized spacial score (nSPS) is 19.3. The van der Waals surface area contributed by atoms with Crippen molar-refractivity contribution in [1.29, 1.82) is 0 Å². The molecule has 1 rings (SSSR count). The van der Waals surface area contributed by atoms with Crippen LogP contribution in [0.3, 0.4) is 0 Å². The summed E-state index contributed by atoms with van der Waals surface area (Å²) in [5, 5.41) is 13.4. The minimum atomic E-state index is -0.427. The largest absolute Gasteiger partial charge is 0.389 e. The molecule has 1 fully saturated rings. The first-order valence-electron chi connectivity index (χ1n) is 8.62. The van der Waals surface area contributed by atoms with E-state index in [-0.39, 0.29) is 0 Å². The van der Waals surface area contributed by atoms with Crippen LogP contribution in [0.2, 0.25) is 0 Å². The molecule has 0 amide bonds. The lowest BCUT2D eigenvalue weighted by molar-refractivity contribution is 0.00560. The van der Waals surface area contributed by atoms with E-state index in [4.69, 9.17) is 9.47 Å². The second kappa shape index (κ2) is 10.5. The summed E-state index contributed by atoms with van der Waals surface area (Å²) < 4.78 is 10.6. The van der Waals surface area contributed by atoms with Crippen molar-refractivity contribution in [3.8, 4) is 0 Å². The topological polar surface area (TPSA) is 50.7 Å². The fourth-order valence-electron chi connectivity index (χ4n) is 3.49. The quantitative estimate of drug-likeness (QED) is 0.544. The van der Waals surface area contributed by atoms with Crippen molar-refractivity contribution >= 4 is 0 Å². The van der Waals surface area contributed by atoms with Gasteiger partial charge in [-0.15, -0.1) is 0 Å². The molecule has 0 aromatic rings. The molecular weight excluding hydrogens is 266 g/mol. The number of aliphatic hydroxyl groups is 1. The van der Waals surface area contributed by atoms with Crippen LogP contribution in [0, 0.1) is 11.3 Å². The molecule has 0 spiro atoms. The first-order chi connectivity index (χ1) is 10.1. The van der Waals surface area contributed by atoms with Crippen LogP contribution in [0.15, 0.2) is 0 Å². The highest BCUT2D eigenvalue weighted by Crippen LogP contribution is 2.42. The maximum absolute atomic E-state index is 9.92. The van der Waals surface area contributed by atoms with Crippen molar-refractivity contribution in [1.82, 2.24) is 5.32 Å². The molecule has 4 nitrogen and oxygen atoms in total. The third-order valence-electron chi connectivity index (χ3n) is 4.27. The van der Waals surface area contributed by atoms with Crippen LogP contribution in [0.1, 0.15) is 52.9 Å². The van der Waals surface area contributed by atoms with Gasteiger partial charge in [-0.2, -0.15) is 0 Å². The molecular formula is C17H35NO3. The molecule has 0 bridgehead atoms. The Bertz CT molecular complexity index is 252. The lowest BCUT2D eigenvalue weighted by Crippen LogP contribution is -2.38. The average Bonchev–Trinajstić information content (AvgIpc) is 2.86. The SMILES string of the molecule is CCOCCOCC(O)CNCC1(CC(C)C)CCCC1. The maximum Gasteiger partial charge on any atom is 0.0897 e. The predicted molar refractivity (Wildman–Crippen MR) is 86.5 cm³/mol. The van der Waals surface area contributed by atoms with Crippen molar-refractivity contribution in [2.24, 2.45) is 11.3 Å². The number of hydrogen-bond acceptors (Lipinski definition) is 4. The van der Waals surface area contributed by atoms with Gasteiger partial charge in [-0.05, 0) is 37.5 Å². The molecule has 0 radical (unpaired) electrons. The summed E-state index contributed by atoms with van der Waals surface area (Å²) in [6, 6.07) is 0. The molecule has 21 heavy (non-hydrogen) atoms. The standard InChI is InChI=1S/C17H35NO3/c1-4-20-9-10-21-13-16(19)12-18-14-17(11-15(2)3)7-5-6-8-17/h15-16,18-19H,4-14H2,1-3H3. The van der Waals surface area contributed by atoms with E-state index in [0.29, 0.717) is 38.4 Å². The van der Waals surface area contributed by atoms with Gasteiger partial charge in [0.15, 0.2) is 0 Å². The third-order valence-corrected chi connectivity index (χ3v) is 4.27. The number of hydrogen-bond donors (Lipinski definition) is 2. The Morgan fingerprint density at radius 3 is 2.43 bits per heavy atom. The first-order valence-corrected chi connectivity index (χ1v) is 8.62. The summed E-state index contributed by atoms with van der Waals surface area (Å²) in [5.41, 5.74) is 0.462. The molecule has 0 heterocycles. The van der Waals surface area contributed by atoms with Crippen LogP contribution in [-0.2, 0) is 9.47 Å². The van der Waals surface area contributed by atoms with Gasteiger partial charge < -0.3 is 19.9 Å². The molecule has 2 N–H and O–H groups in total. The van der Waals surface area contributed by atoms with Gasteiger partial charge in [0.25, 0.3) is 0 Å². The Labute approximate surface area is 130 Å². The van der Waals surface area contributed by atoms with Crippen molar-refractivity contribution in [2.45, 2.75) is 59.0 Å². The summed E-state index contributed by atoms with van der Waals surface area (Å²) in [5.74, 6) is 0.747. The van der Waals surface area contributed by atoms with Gasteiger partial charge in [0.1, 0.15) is 0 Å². The highest BCUT2D eigenvalue weighted by atomic mass is 16.5. The van der Waals surface area contributed by atoms with E-state index in [1.165, 1.54) is 32.1 Å². The number of aliphatic hydroxyl groups excluding tert-OH is 1. The summed E-state index contributed by atoms with van der Waals surface area (Å²) in [7, 11) is 0. The molecule has 1 aliphatic carbocycles. The van der Waals surface area contributed by atoms with Crippen LogP contribution in [0.4, 0.5) is 0 Å². The van der Waals surface area contributed by atoms with E-state index in [1.807, 2.05) is 6.92 Å². The summed E-state index contributed by atoms with van der Waals surface area (Å²) in [6.07, 6.45) is 6.25.